The van der Waals surface area contributed by atoms with Gasteiger partial charge in [-0.15, -0.1) is 0 Å². The van der Waals surface area contributed by atoms with Crippen molar-refractivity contribution in [2.75, 3.05) is 5.32 Å². The van der Waals surface area contributed by atoms with Gasteiger partial charge in [-0.2, -0.15) is 0 Å². The molecule has 3 rings (SSSR count). The number of hydrogen-bond acceptors (Lipinski definition) is 3. The number of nitrogens with one attached hydrogen (secondary N) is 1. The fourth-order valence-electron chi connectivity index (χ4n) is 1.48. The van der Waals surface area contributed by atoms with E-state index in [1.54, 1.807) is 0 Å². The molecule has 0 atom stereocenters. The molecule has 0 aliphatic carbocycles. The number of aromatic nitrogens is 2. The second-order valence-electron chi connectivity index (χ2n) is 3.48. The Morgan fingerprint density at radius 1 is 1.12 bits per heavy atom. The molecule has 2 aromatic heterocycles. The van der Waals surface area contributed by atoms with Crippen molar-refractivity contribution >= 4 is 50.7 Å². The number of pyridine rings is 1. The summed E-state index contributed by atoms with van der Waals surface area (Å²) in [5.74, 6) is 0. The van der Waals surface area contributed by atoms with Crippen LogP contribution in [0.25, 0.3) is 9.91 Å². The van der Waals surface area contributed by atoms with Gasteiger partial charge in [0.25, 0.3) is 0 Å². The van der Waals surface area contributed by atoms with Crippen LogP contribution in [0.5, 0.6) is 0 Å². The van der Waals surface area contributed by atoms with Crippen LogP contribution in [-0.2, 0) is 0 Å². The second kappa shape index (κ2) is 4.61. The third-order valence-electron chi connectivity index (χ3n) is 2.26. The monoisotopic (exact) mass is 353 g/mol. The van der Waals surface area contributed by atoms with Crippen molar-refractivity contribution in [2.24, 2.45) is 0 Å². The van der Waals surface area contributed by atoms with Crippen LogP contribution in [0, 0.1) is 0 Å². The molecule has 0 bridgehead atoms. The Kier molecular flexibility index (Phi) is 2.97. The van der Waals surface area contributed by atoms with Crippen molar-refractivity contribution in [3.63, 3.8) is 0 Å². The van der Waals surface area contributed by atoms with Crippen molar-refractivity contribution in [1.82, 2.24) is 9.97 Å². The third kappa shape index (κ3) is 2.41. The number of rotatable bonds is 2. The molecular weight excluding hydrogens is 345 g/mol. The number of anilines is 2. The van der Waals surface area contributed by atoms with E-state index in [1.807, 2.05) is 42.6 Å². The van der Waals surface area contributed by atoms with E-state index in [1.165, 1.54) is 0 Å². The van der Waals surface area contributed by atoms with Gasteiger partial charge >= 0.3 is 113 Å². The van der Waals surface area contributed by atoms with E-state index in [4.69, 9.17) is 0 Å². The summed E-state index contributed by atoms with van der Waals surface area (Å²) in [6, 6.07) is 12.0. The van der Waals surface area contributed by atoms with Crippen LogP contribution in [-0.4, -0.2) is 24.5 Å². The summed E-state index contributed by atoms with van der Waals surface area (Å²) in [5.41, 5.74) is 2.05. The van der Waals surface area contributed by atoms with Crippen molar-refractivity contribution in [1.29, 1.82) is 0 Å². The number of hydrogen-bond donors (Lipinski definition) is 1. The fraction of sp³-hybridized carbons (Fsp3) is 0. The Morgan fingerprint density at radius 2 is 1.94 bits per heavy atom. The summed E-state index contributed by atoms with van der Waals surface area (Å²) >= 11 is 3.60. The summed E-state index contributed by atoms with van der Waals surface area (Å²) in [6.45, 7) is 0. The molecule has 84 valence electrons. The average Bonchev–Trinajstić information content (AvgIpc) is 2.74. The summed E-state index contributed by atoms with van der Waals surface area (Å²) in [5, 5.41) is 3.33. The standard InChI is InChI=1S/C12H8BrN3Se/c13-8-3-5-9(6-4-8)15-12-16-10-2-1-7-14-11(10)17-12/h1-7H,(H,15,16). The number of nitrogens with zero attached hydrogens (tertiary/aromatic N) is 2. The molecule has 0 amide bonds. The zero-order chi connectivity index (χ0) is 11.7. The maximum atomic E-state index is 4.53. The Hall–Kier alpha value is -1.16. The van der Waals surface area contributed by atoms with E-state index >= 15 is 0 Å². The van der Waals surface area contributed by atoms with Crippen LogP contribution in [0.15, 0.2) is 47.1 Å². The summed E-state index contributed by atoms with van der Waals surface area (Å²) in [4.78, 5) is 8.86. The van der Waals surface area contributed by atoms with Gasteiger partial charge in [-0.05, 0) is 0 Å². The Labute approximate surface area is 113 Å². The van der Waals surface area contributed by atoms with Gasteiger partial charge in [0.2, 0.25) is 0 Å². The van der Waals surface area contributed by atoms with Crippen molar-refractivity contribution in [3.8, 4) is 0 Å². The molecule has 0 fully saturated rings. The van der Waals surface area contributed by atoms with E-state index in [0.717, 1.165) is 24.8 Å². The molecule has 0 aliphatic rings. The van der Waals surface area contributed by atoms with Gasteiger partial charge in [-0.3, -0.25) is 0 Å². The quantitative estimate of drug-likeness (QED) is 0.720. The molecule has 2 heterocycles. The van der Waals surface area contributed by atoms with Gasteiger partial charge < -0.3 is 0 Å². The SMILES string of the molecule is Brc1ccc(Nc2nc3cccnc3[se]2)cc1. The van der Waals surface area contributed by atoms with Crippen molar-refractivity contribution in [3.05, 3.63) is 47.1 Å². The van der Waals surface area contributed by atoms with Gasteiger partial charge in [-0.25, -0.2) is 0 Å². The maximum absolute atomic E-state index is 4.53. The normalized spacial score (nSPS) is 10.6. The molecule has 17 heavy (non-hydrogen) atoms. The van der Waals surface area contributed by atoms with Gasteiger partial charge in [0.15, 0.2) is 0 Å². The fourth-order valence-corrected chi connectivity index (χ4v) is 3.48. The van der Waals surface area contributed by atoms with Gasteiger partial charge in [-0.1, -0.05) is 0 Å². The van der Waals surface area contributed by atoms with E-state index in [0.29, 0.717) is 0 Å². The van der Waals surface area contributed by atoms with Crippen LogP contribution >= 0.6 is 15.9 Å². The Balaban J connectivity index is 1.92. The molecular formula is C12H8BrN3Se. The van der Waals surface area contributed by atoms with Gasteiger partial charge in [0.05, 0.1) is 0 Å². The first-order valence-electron chi connectivity index (χ1n) is 5.05. The summed E-state index contributed by atoms with van der Waals surface area (Å²) in [6.07, 6.45) is 1.82. The molecule has 0 radical (unpaired) electrons. The number of halogens is 1. The van der Waals surface area contributed by atoms with E-state index < -0.39 is 0 Å². The molecule has 5 heteroatoms. The molecule has 0 aliphatic heterocycles. The summed E-state index contributed by atoms with van der Waals surface area (Å²) in [7, 11) is 0. The molecule has 0 unspecified atom stereocenters. The Morgan fingerprint density at radius 3 is 2.71 bits per heavy atom. The van der Waals surface area contributed by atoms with Crippen LogP contribution in [0.1, 0.15) is 0 Å². The average molecular weight is 353 g/mol. The first kappa shape index (κ1) is 11.0. The number of benzene rings is 1. The van der Waals surface area contributed by atoms with E-state index in [9.17, 15) is 0 Å². The van der Waals surface area contributed by atoms with Crippen molar-refractivity contribution in [2.45, 2.75) is 0 Å². The van der Waals surface area contributed by atoms with Crippen LogP contribution in [0.4, 0.5) is 10.4 Å². The van der Waals surface area contributed by atoms with Crippen LogP contribution in [0.2, 0.25) is 0 Å². The summed E-state index contributed by atoms with van der Waals surface area (Å²) < 4.78 is 3.18. The van der Waals surface area contributed by atoms with Gasteiger partial charge in [0, 0.05) is 0 Å². The zero-order valence-corrected chi connectivity index (χ0v) is 12.0. The molecule has 1 N–H and O–H groups in total. The molecule has 0 saturated heterocycles. The molecule has 3 nitrogen and oxygen atoms in total. The minimum absolute atomic E-state index is 0.184. The van der Waals surface area contributed by atoms with Crippen LogP contribution < -0.4 is 5.32 Å². The predicted octanol–water partition coefficient (Wildman–Crippen LogP) is 3.19. The van der Waals surface area contributed by atoms with E-state index in [2.05, 4.69) is 31.2 Å². The minimum atomic E-state index is 0.184. The third-order valence-corrected chi connectivity index (χ3v) is 4.67. The zero-order valence-electron chi connectivity index (χ0n) is 8.72. The second-order valence-corrected chi connectivity index (χ2v) is 6.45. The van der Waals surface area contributed by atoms with E-state index in [-0.39, 0.29) is 14.5 Å². The molecule has 3 aromatic rings. The first-order chi connectivity index (χ1) is 8.31. The number of fused-ring (bicyclic) bond motifs is 1. The van der Waals surface area contributed by atoms with Crippen LogP contribution in [0.3, 0.4) is 0 Å². The topological polar surface area (TPSA) is 37.8 Å². The first-order valence-corrected chi connectivity index (χ1v) is 7.56. The van der Waals surface area contributed by atoms with Crippen molar-refractivity contribution < 1.29 is 0 Å². The van der Waals surface area contributed by atoms with Gasteiger partial charge in [0.1, 0.15) is 0 Å². The Bertz CT molecular complexity index is 615. The molecule has 0 saturated carbocycles. The molecule has 1 aromatic carbocycles. The molecule has 0 spiro atoms. The predicted molar refractivity (Wildman–Crippen MR) is 73.9 cm³/mol.